The zero-order valence-corrected chi connectivity index (χ0v) is 7.07. The summed E-state index contributed by atoms with van der Waals surface area (Å²) in [5.74, 6) is 0. The zero-order valence-electron chi connectivity index (χ0n) is 5.26. The molecule has 0 bridgehead atoms. The molecular weight excluding hydrogens is 204 g/mol. The second-order valence-corrected chi connectivity index (χ2v) is 1.84. The summed E-state index contributed by atoms with van der Waals surface area (Å²) in [5.41, 5.74) is 3.94. The van der Waals surface area contributed by atoms with Gasteiger partial charge in [-0.15, -0.1) is 12.4 Å². The summed E-state index contributed by atoms with van der Waals surface area (Å²) >= 11 is 0. The normalized spacial score (nSPS) is 9.60. The molecule has 10 heavy (non-hydrogen) atoms. The molecule has 0 saturated heterocycles. The zero-order chi connectivity index (χ0) is 6.62. The van der Waals surface area contributed by atoms with Crippen molar-refractivity contribution in [2.24, 2.45) is 5.73 Å². The predicted molar refractivity (Wildman–Crippen MR) is 35.4 cm³/mol. The standard InChI is InChI=1S/C4H11NO3.ClH.Ni/c5-4(1-6,2-7)3-8;;/h6-8H,1-3,5H2;1H;. The molecule has 0 aliphatic heterocycles. The number of halogens is 1. The minimum absolute atomic E-state index is 0. The number of hydrogen-bond donors (Lipinski definition) is 4. The molecule has 0 rings (SSSR count). The molecule has 6 heteroatoms. The molecular formula is C4H12ClNNiO3. The van der Waals surface area contributed by atoms with Crippen molar-refractivity contribution < 1.29 is 31.8 Å². The van der Waals surface area contributed by atoms with Gasteiger partial charge in [0.1, 0.15) is 0 Å². The maximum Gasteiger partial charge on any atom is 0.0856 e. The Morgan fingerprint density at radius 3 is 1.20 bits per heavy atom. The first-order chi connectivity index (χ1) is 3.68. The van der Waals surface area contributed by atoms with Gasteiger partial charge in [0.15, 0.2) is 0 Å². The summed E-state index contributed by atoms with van der Waals surface area (Å²) in [7, 11) is 0. The van der Waals surface area contributed by atoms with Crippen molar-refractivity contribution in [2.45, 2.75) is 5.54 Å². The van der Waals surface area contributed by atoms with Crippen LogP contribution in [0.15, 0.2) is 0 Å². The second kappa shape index (κ2) is 7.73. The van der Waals surface area contributed by atoms with Crippen LogP contribution in [0, 0.1) is 0 Å². The average Bonchev–Trinajstić information content (AvgIpc) is 1.87. The van der Waals surface area contributed by atoms with Crippen LogP contribution in [0.25, 0.3) is 0 Å². The first-order valence-corrected chi connectivity index (χ1v) is 2.30. The molecule has 0 heterocycles. The van der Waals surface area contributed by atoms with E-state index < -0.39 is 25.4 Å². The Morgan fingerprint density at radius 2 is 1.20 bits per heavy atom. The third-order valence-corrected chi connectivity index (χ3v) is 0.945. The quantitative estimate of drug-likeness (QED) is 0.414. The molecule has 0 saturated carbocycles. The van der Waals surface area contributed by atoms with E-state index in [1.54, 1.807) is 0 Å². The van der Waals surface area contributed by atoms with Crippen LogP contribution < -0.4 is 5.73 Å². The molecule has 0 aromatic heterocycles. The summed E-state index contributed by atoms with van der Waals surface area (Å²) < 4.78 is 0. The largest absolute Gasteiger partial charge is 0.394 e. The molecule has 0 aromatic rings. The van der Waals surface area contributed by atoms with Crippen LogP contribution in [0.4, 0.5) is 0 Å². The van der Waals surface area contributed by atoms with Crippen LogP contribution in [0.2, 0.25) is 0 Å². The molecule has 0 spiro atoms. The van der Waals surface area contributed by atoms with Gasteiger partial charge in [0.25, 0.3) is 0 Å². The Labute approximate surface area is 75.8 Å². The van der Waals surface area contributed by atoms with Crippen molar-refractivity contribution in [3.63, 3.8) is 0 Å². The summed E-state index contributed by atoms with van der Waals surface area (Å²) in [4.78, 5) is 0. The van der Waals surface area contributed by atoms with E-state index in [1.165, 1.54) is 0 Å². The molecule has 0 radical (unpaired) electrons. The Bertz CT molecular complexity index is 63.3. The topological polar surface area (TPSA) is 86.7 Å². The Kier molecular flexibility index (Phi) is 13.1. The molecule has 0 aliphatic rings. The first kappa shape index (κ1) is 16.9. The fourth-order valence-electron chi connectivity index (χ4n) is 0.150. The second-order valence-electron chi connectivity index (χ2n) is 1.84. The SMILES string of the molecule is Cl.NC(CO)(CO)CO.[Ni]. The van der Waals surface area contributed by atoms with E-state index >= 15 is 0 Å². The number of nitrogens with two attached hydrogens (primary N) is 1. The minimum atomic E-state index is -1.21. The van der Waals surface area contributed by atoms with Gasteiger partial charge in [0.2, 0.25) is 0 Å². The van der Waals surface area contributed by atoms with Crippen molar-refractivity contribution in [1.82, 2.24) is 0 Å². The van der Waals surface area contributed by atoms with E-state index in [-0.39, 0.29) is 28.9 Å². The van der Waals surface area contributed by atoms with Gasteiger partial charge in [-0.3, -0.25) is 0 Å². The number of hydrogen-bond acceptors (Lipinski definition) is 4. The predicted octanol–water partition coefficient (Wildman–Crippen LogP) is -1.92. The maximum absolute atomic E-state index is 8.34. The number of rotatable bonds is 3. The van der Waals surface area contributed by atoms with Gasteiger partial charge in [-0.1, -0.05) is 0 Å². The fraction of sp³-hybridized carbons (Fsp3) is 1.00. The van der Waals surface area contributed by atoms with Gasteiger partial charge in [-0.2, -0.15) is 0 Å². The van der Waals surface area contributed by atoms with Crippen LogP contribution >= 0.6 is 12.4 Å². The van der Waals surface area contributed by atoms with Crippen molar-refractivity contribution in [2.75, 3.05) is 19.8 Å². The van der Waals surface area contributed by atoms with Gasteiger partial charge in [0, 0.05) is 16.5 Å². The Morgan fingerprint density at radius 1 is 1.00 bits per heavy atom. The van der Waals surface area contributed by atoms with Crippen LogP contribution in [0.3, 0.4) is 0 Å². The molecule has 68 valence electrons. The molecule has 4 nitrogen and oxygen atoms in total. The fourth-order valence-corrected chi connectivity index (χ4v) is 0.150. The monoisotopic (exact) mass is 215 g/mol. The van der Waals surface area contributed by atoms with Crippen molar-refractivity contribution >= 4 is 12.4 Å². The van der Waals surface area contributed by atoms with Crippen molar-refractivity contribution in [3.8, 4) is 0 Å². The van der Waals surface area contributed by atoms with E-state index in [4.69, 9.17) is 21.1 Å². The van der Waals surface area contributed by atoms with Gasteiger partial charge in [-0.05, 0) is 0 Å². The van der Waals surface area contributed by atoms with Crippen LogP contribution in [-0.2, 0) is 16.5 Å². The summed E-state index contributed by atoms with van der Waals surface area (Å²) in [6.07, 6.45) is 0. The molecule has 0 fully saturated rings. The summed E-state index contributed by atoms with van der Waals surface area (Å²) in [5, 5.41) is 25.0. The van der Waals surface area contributed by atoms with E-state index in [0.29, 0.717) is 0 Å². The Balaban J connectivity index is -0.000000245. The smallest absolute Gasteiger partial charge is 0.0856 e. The minimum Gasteiger partial charge on any atom is -0.394 e. The molecule has 0 unspecified atom stereocenters. The van der Waals surface area contributed by atoms with Gasteiger partial charge in [0.05, 0.1) is 25.4 Å². The average molecular weight is 216 g/mol. The van der Waals surface area contributed by atoms with Gasteiger partial charge < -0.3 is 21.1 Å². The molecule has 5 N–H and O–H groups in total. The van der Waals surface area contributed by atoms with Crippen molar-refractivity contribution in [1.29, 1.82) is 0 Å². The van der Waals surface area contributed by atoms with Crippen LogP contribution in [0.5, 0.6) is 0 Å². The van der Waals surface area contributed by atoms with Crippen LogP contribution in [0.1, 0.15) is 0 Å². The maximum atomic E-state index is 8.34. The van der Waals surface area contributed by atoms with E-state index in [0.717, 1.165) is 0 Å². The van der Waals surface area contributed by atoms with Crippen LogP contribution in [-0.4, -0.2) is 40.7 Å². The van der Waals surface area contributed by atoms with Crippen molar-refractivity contribution in [3.05, 3.63) is 0 Å². The third kappa shape index (κ3) is 5.41. The Hall–Kier alpha value is 0.624. The third-order valence-electron chi connectivity index (χ3n) is 0.945. The molecule has 0 aromatic carbocycles. The molecule has 0 atom stereocenters. The molecule has 0 aliphatic carbocycles. The summed E-state index contributed by atoms with van der Waals surface area (Å²) in [6.45, 7) is -1.21. The number of aliphatic hydroxyl groups is 3. The van der Waals surface area contributed by atoms with E-state index in [9.17, 15) is 0 Å². The van der Waals surface area contributed by atoms with E-state index in [1.807, 2.05) is 0 Å². The van der Waals surface area contributed by atoms with Gasteiger partial charge >= 0.3 is 0 Å². The first-order valence-electron chi connectivity index (χ1n) is 2.30. The molecule has 0 amide bonds. The summed E-state index contributed by atoms with van der Waals surface area (Å²) in [6, 6.07) is 0. The van der Waals surface area contributed by atoms with E-state index in [2.05, 4.69) is 0 Å². The number of aliphatic hydroxyl groups excluding tert-OH is 3. The van der Waals surface area contributed by atoms with Gasteiger partial charge in [-0.25, -0.2) is 0 Å².